The molecule has 0 spiro atoms. The molecule has 0 saturated heterocycles. The standard InChI is InChI=1S/C16H15ClN2O5S/c1-10(20)19-14-4-3-12(7-13(14)17)25(21,22)18-8-11-2-5-15-16(6-11)24-9-23-15/h2-7,18H,8-9H2,1H3,(H,19,20). The molecule has 1 heterocycles. The molecule has 0 aromatic heterocycles. The van der Waals surface area contributed by atoms with Crippen LogP contribution in [0.2, 0.25) is 5.02 Å². The lowest BCUT2D eigenvalue weighted by Crippen LogP contribution is -2.23. The molecule has 0 radical (unpaired) electrons. The molecule has 1 aliphatic heterocycles. The van der Waals surface area contributed by atoms with Crippen LogP contribution in [-0.4, -0.2) is 21.1 Å². The monoisotopic (exact) mass is 382 g/mol. The van der Waals surface area contributed by atoms with E-state index in [4.69, 9.17) is 21.1 Å². The van der Waals surface area contributed by atoms with Gasteiger partial charge in [0.25, 0.3) is 0 Å². The molecule has 1 amide bonds. The first-order valence-corrected chi connectivity index (χ1v) is 9.16. The Bertz CT molecular complexity index is 930. The Balaban J connectivity index is 1.73. The van der Waals surface area contributed by atoms with Crippen LogP contribution >= 0.6 is 11.6 Å². The van der Waals surface area contributed by atoms with Crippen molar-refractivity contribution >= 4 is 33.2 Å². The van der Waals surface area contributed by atoms with Crippen LogP contribution in [-0.2, 0) is 21.4 Å². The van der Waals surface area contributed by atoms with Gasteiger partial charge in [0.2, 0.25) is 22.7 Å². The maximum absolute atomic E-state index is 12.4. The lowest BCUT2D eigenvalue weighted by Gasteiger charge is -2.10. The zero-order valence-corrected chi connectivity index (χ0v) is 14.8. The summed E-state index contributed by atoms with van der Waals surface area (Å²) in [6, 6.07) is 9.30. The van der Waals surface area contributed by atoms with Gasteiger partial charge < -0.3 is 14.8 Å². The number of benzene rings is 2. The third kappa shape index (κ3) is 4.04. The quantitative estimate of drug-likeness (QED) is 0.828. The molecule has 2 aromatic rings. The maximum atomic E-state index is 12.4. The van der Waals surface area contributed by atoms with Crippen LogP contribution in [0.4, 0.5) is 5.69 Å². The van der Waals surface area contributed by atoms with E-state index in [0.29, 0.717) is 17.2 Å². The third-order valence-electron chi connectivity index (χ3n) is 3.46. The van der Waals surface area contributed by atoms with E-state index in [2.05, 4.69) is 10.0 Å². The minimum absolute atomic E-state index is 0.00680. The first-order chi connectivity index (χ1) is 11.8. The number of sulfonamides is 1. The summed E-state index contributed by atoms with van der Waals surface area (Å²) in [5.41, 5.74) is 1.08. The Hall–Kier alpha value is -2.29. The first kappa shape index (κ1) is 17.5. The number of amides is 1. The summed E-state index contributed by atoms with van der Waals surface area (Å²) in [6.07, 6.45) is 0. The number of ether oxygens (including phenoxy) is 2. The minimum Gasteiger partial charge on any atom is -0.454 e. The number of halogens is 1. The third-order valence-corrected chi connectivity index (χ3v) is 5.18. The number of anilines is 1. The number of carbonyl (C=O) groups excluding carboxylic acids is 1. The van der Waals surface area contributed by atoms with Gasteiger partial charge in [-0.25, -0.2) is 13.1 Å². The summed E-state index contributed by atoms with van der Waals surface area (Å²) in [7, 11) is -3.76. The number of fused-ring (bicyclic) bond motifs is 1. The summed E-state index contributed by atoms with van der Waals surface area (Å²) >= 11 is 6.02. The molecular weight excluding hydrogens is 368 g/mol. The van der Waals surface area contributed by atoms with Gasteiger partial charge >= 0.3 is 0 Å². The number of hydrogen-bond acceptors (Lipinski definition) is 5. The molecule has 2 N–H and O–H groups in total. The van der Waals surface area contributed by atoms with E-state index < -0.39 is 10.0 Å². The van der Waals surface area contributed by atoms with E-state index in [-0.39, 0.29) is 29.2 Å². The van der Waals surface area contributed by atoms with Crippen molar-refractivity contribution in [3.63, 3.8) is 0 Å². The smallest absolute Gasteiger partial charge is 0.240 e. The molecule has 0 unspecified atom stereocenters. The van der Waals surface area contributed by atoms with Gasteiger partial charge in [-0.05, 0) is 35.9 Å². The largest absolute Gasteiger partial charge is 0.454 e. The summed E-state index contributed by atoms with van der Waals surface area (Å²) < 4.78 is 37.8. The van der Waals surface area contributed by atoms with Gasteiger partial charge in [-0.15, -0.1) is 0 Å². The molecule has 3 rings (SSSR count). The number of nitrogens with one attached hydrogen (secondary N) is 2. The highest BCUT2D eigenvalue weighted by atomic mass is 35.5. The fourth-order valence-corrected chi connectivity index (χ4v) is 3.60. The van der Waals surface area contributed by atoms with Crippen molar-refractivity contribution < 1.29 is 22.7 Å². The average Bonchev–Trinajstić information content (AvgIpc) is 3.02. The van der Waals surface area contributed by atoms with Crippen molar-refractivity contribution in [3.05, 3.63) is 47.0 Å². The SMILES string of the molecule is CC(=O)Nc1ccc(S(=O)(=O)NCc2ccc3c(c2)OCO3)cc1Cl. The van der Waals surface area contributed by atoms with Gasteiger partial charge in [0.05, 0.1) is 15.6 Å². The van der Waals surface area contributed by atoms with Gasteiger partial charge in [-0.3, -0.25) is 4.79 Å². The first-order valence-electron chi connectivity index (χ1n) is 7.30. The highest BCUT2D eigenvalue weighted by molar-refractivity contribution is 7.89. The predicted octanol–water partition coefficient (Wildman–Crippen LogP) is 2.51. The van der Waals surface area contributed by atoms with Gasteiger partial charge in [-0.2, -0.15) is 0 Å². The second-order valence-corrected chi connectivity index (χ2v) is 7.51. The van der Waals surface area contributed by atoms with E-state index in [1.807, 2.05) is 0 Å². The van der Waals surface area contributed by atoms with Crippen molar-refractivity contribution in [1.29, 1.82) is 0 Å². The van der Waals surface area contributed by atoms with Gasteiger partial charge in [-0.1, -0.05) is 17.7 Å². The fraction of sp³-hybridized carbons (Fsp3) is 0.188. The van der Waals surface area contributed by atoms with Gasteiger partial charge in [0.15, 0.2) is 11.5 Å². The van der Waals surface area contributed by atoms with Crippen molar-refractivity contribution in [3.8, 4) is 11.5 Å². The van der Waals surface area contributed by atoms with Crippen molar-refractivity contribution in [2.75, 3.05) is 12.1 Å². The number of carbonyl (C=O) groups is 1. The molecule has 0 atom stereocenters. The lowest BCUT2D eigenvalue weighted by molar-refractivity contribution is -0.114. The zero-order chi connectivity index (χ0) is 18.0. The highest BCUT2D eigenvalue weighted by Crippen LogP contribution is 2.32. The second-order valence-electron chi connectivity index (χ2n) is 5.34. The molecule has 132 valence electrons. The Kier molecular flexibility index (Phi) is 4.85. The van der Waals surface area contributed by atoms with Crippen LogP contribution in [0.5, 0.6) is 11.5 Å². The van der Waals surface area contributed by atoms with Crippen LogP contribution < -0.4 is 19.5 Å². The highest BCUT2D eigenvalue weighted by Gasteiger charge is 2.17. The molecule has 25 heavy (non-hydrogen) atoms. The fourth-order valence-electron chi connectivity index (χ4n) is 2.27. The molecule has 0 fully saturated rings. The number of rotatable bonds is 5. The molecule has 2 aromatic carbocycles. The van der Waals surface area contributed by atoms with E-state index in [1.54, 1.807) is 18.2 Å². The maximum Gasteiger partial charge on any atom is 0.240 e. The van der Waals surface area contributed by atoms with E-state index in [1.165, 1.54) is 25.1 Å². The molecule has 0 bridgehead atoms. The van der Waals surface area contributed by atoms with Gasteiger partial charge in [0, 0.05) is 13.5 Å². The average molecular weight is 383 g/mol. The lowest BCUT2D eigenvalue weighted by atomic mass is 10.2. The molecule has 0 saturated carbocycles. The minimum atomic E-state index is -3.76. The molecular formula is C16H15ClN2O5S. The van der Waals surface area contributed by atoms with Crippen LogP contribution in [0.15, 0.2) is 41.3 Å². The van der Waals surface area contributed by atoms with Crippen molar-refractivity contribution in [1.82, 2.24) is 4.72 Å². The Morgan fingerprint density at radius 2 is 1.92 bits per heavy atom. The van der Waals surface area contributed by atoms with E-state index in [0.717, 1.165) is 5.56 Å². The Morgan fingerprint density at radius 3 is 2.64 bits per heavy atom. The summed E-state index contributed by atoms with van der Waals surface area (Å²) in [4.78, 5) is 11.1. The van der Waals surface area contributed by atoms with Crippen molar-refractivity contribution in [2.45, 2.75) is 18.4 Å². The van der Waals surface area contributed by atoms with Crippen molar-refractivity contribution in [2.24, 2.45) is 0 Å². The van der Waals surface area contributed by atoms with Crippen LogP contribution in [0.3, 0.4) is 0 Å². The molecule has 9 heteroatoms. The van der Waals surface area contributed by atoms with Gasteiger partial charge in [0.1, 0.15) is 0 Å². The molecule has 7 nitrogen and oxygen atoms in total. The summed E-state index contributed by atoms with van der Waals surface area (Å²) in [6.45, 7) is 1.58. The van der Waals surface area contributed by atoms with E-state index >= 15 is 0 Å². The Morgan fingerprint density at radius 1 is 1.16 bits per heavy atom. The molecule has 1 aliphatic rings. The van der Waals surface area contributed by atoms with Crippen LogP contribution in [0, 0.1) is 0 Å². The summed E-state index contributed by atoms with van der Waals surface area (Å²) in [5.74, 6) is 0.921. The zero-order valence-electron chi connectivity index (χ0n) is 13.2. The second kappa shape index (κ2) is 6.91. The van der Waals surface area contributed by atoms with E-state index in [9.17, 15) is 13.2 Å². The Labute approximate surface area is 149 Å². The normalized spacial score (nSPS) is 12.9. The topological polar surface area (TPSA) is 93.7 Å². The van der Waals surface area contributed by atoms with Crippen LogP contribution in [0.1, 0.15) is 12.5 Å². The predicted molar refractivity (Wildman–Crippen MR) is 92.3 cm³/mol. The molecule has 0 aliphatic carbocycles. The van der Waals surface area contributed by atoms with Crippen LogP contribution in [0.25, 0.3) is 0 Å². The summed E-state index contributed by atoms with van der Waals surface area (Å²) in [5, 5.41) is 2.66. The number of hydrogen-bond donors (Lipinski definition) is 2.